The average Bonchev–Trinajstić information content (AvgIpc) is 2.55. The van der Waals surface area contributed by atoms with Gasteiger partial charge in [0.25, 0.3) is 0 Å². The van der Waals surface area contributed by atoms with Crippen molar-refractivity contribution in [2.75, 3.05) is 25.2 Å². The molecule has 0 fully saturated rings. The summed E-state index contributed by atoms with van der Waals surface area (Å²) in [6.45, 7) is 5.89. The van der Waals surface area contributed by atoms with E-state index >= 15 is 0 Å². The molecule has 0 bridgehead atoms. The van der Waals surface area contributed by atoms with Crippen molar-refractivity contribution in [1.82, 2.24) is 0 Å². The fourth-order valence-corrected chi connectivity index (χ4v) is 2.47. The van der Waals surface area contributed by atoms with Crippen LogP contribution in [0.4, 0.5) is 0 Å². The van der Waals surface area contributed by atoms with Crippen molar-refractivity contribution in [1.29, 1.82) is 0 Å². The number of ether oxygens (including phenoxy) is 3. The lowest BCUT2D eigenvalue weighted by Crippen LogP contribution is -2.17. The number of alkyl halides is 1. The number of hydrogen-bond donors (Lipinski definition) is 0. The highest BCUT2D eigenvalue weighted by Crippen LogP contribution is 2.34. The smallest absolute Gasteiger partial charge is 0.344 e. The molecule has 0 radical (unpaired) electrons. The Balaban J connectivity index is 3.13. The molecule has 0 aliphatic rings. The second-order valence-electron chi connectivity index (χ2n) is 5.21. The van der Waals surface area contributed by atoms with Crippen LogP contribution >= 0.6 is 15.9 Å². The van der Waals surface area contributed by atoms with E-state index in [1.54, 1.807) is 19.1 Å². The van der Waals surface area contributed by atoms with E-state index in [1.165, 1.54) is 6.92 Å². The summed E-state index contributed by atoms with van der Waals surface area (Å²) in [5.41, 5.74) is 1.28. The molecule has 0 aliphatic heterocycles. The van der Waals surface area contributed by atoms with Gasteiger partial charge < -0.3 is 14.2 Å². The zero-order valence-electron chi connectivity index (χ0n) is 14.5. The first-order valence-electron chi connectivity index (χ1n) is 8.19. The summed E-state index contributed by atoms with van der Waals surface area (Å²) in [5.74, 6) is 0.550. The molecule has 5 nitrogen and oxygen atoms in total. The highest BCUT2D eigenvalue weighted by atomic mass is 79.9. The molecule has 0 amide bonds. The number of carbonyl (C=O) groups is 2. The van der Waals surface area contributed by atoms with Gasteiger partial charge in [-0.25, -0.2) is 4.79 Å². The van der Waals surface area contributed by atoms with Gasteiger partial charge in [-0.2, -0.15) is 0 Å². The molecule has 6 heteroatoms. The number of benzene rings is 1. The van der Waals surface area contributed by atoms with E-state index in [1.807, 2.05) is 6.92 Å². The maximum absolute atomic E-state index is 11.9. The second kappa shape index (κ2) is 11.1. The van der Waals surface area contributed by atoms with Crippen LogP contribution in [0.5, 0.6) is 11.5 Å². The molecule has 0 spiro atoms. The van der Waals surface area contributed by atoms with Gasteiger partial charge in [-0.1, -0.05) is 29.3 Å². The molecule has 0 N–H and O–H groups in total. The fraction of sp³-hybridized carbons (Fsp3) is 0.556. The number of esters is 1. The number of carbonyl (C=O) groups excluding carboxylic acids is 2. The fourth-order valence-electron chi connectivity index (χ4n) is 2.24. The Kier molecular flexibility index (Phi) is 9.45. The number of Topliss-reactive ketones (excluding diaryl/α,β-unsaturated/α-hetero) is 1. The minimum atomic E-state index is -0.458. The molecule has 0 aliphatic carbocycles. The third-order valence-corrected chi connectivity index (χ3v) is 3.83. The van der Waals surface area contributed by atoms with Crippen molar-refractivity contribution >= 4 is 27.7 Å². The molecule has 0 unspecified atom stereocenters. The van der Waals surface area contributed by atoms with E-state index in [4.69, 9.17) is 14.2 Å². The molecule has 1 rings (SSSR count). The first-order chi connectivity index (χ1) is 11.5. The molecule has 0 saturated heterocycles. The molecule has 0 aromatic heterocycles. The molecule has 0 saturated carbocycles. The number of halogens is 1. The summed E-state index contributed by atoms with van der Waals surface area (Å²) in [6.07, 6.45) is 2.44. The Labute approximate surface area is 151 Å². The van der Waals surface area contributed by atoms with E-state index in [2.05, 4.69) is 15.9 Å². The van der Waals surface area contributed by atoms with E-state index in [0.717, 1.165) is 23.7 Å². The zero-order chi connectivity index (χ0) is 17.9. The maximum atomic E-state index is 11.9. The highest BCUT2D eigenvalue weighted by molar-refractivity contribution is 9.09. The summed E-state index contributed by atoms with van der Waals surface area (Å²) >= 11 is 3.37. The van der Waals surface area contributed by atoms with Crippen LogP contribution in [-0.4, -0.2) is 36.9 Å². The molecule has 1 aromatic carbocycles. The van der Waals surface area contributed by atoms with Crippen molar-refractivity contribution in [3.8, 4) is 11.5 Å². The van der Waals surface area contributed by atoms with Gasteiger partial charge in [0.2, 0.25) is 0 Å². The van der Waals surface area contributed by atoms with Crippen LogP contribution < -0.4 is 9.47 Å². The lowest BCUT2D eigenvalue weighted by molar-refractivity contribution is -0.145. The summed E-state index contributed by atoms with van der Waals surface area (Å²) in [7, 11) is 0. The van der Waals surface area contributed by atoms with Crippen molar-refractivity contribution < 1.29 is 23.8 Å². The largest absolute Gasteiger partial charge is 0.493 e. The Bertz CT molecular complexity index is 557. The molecular weight excluding hydrogens is 376 g/mol. The third-order valence-electron chi connectivity index (χ3n) is 3.27. The lowest BCUT2D eigenvalue weighted by atomic mass is 10.0. The van der Waals surface area contributed by atoms with E-state index in [0.29, 0.717) is 36.7 Å². The molecule has 0 heterocycles. The predicted molar refractivity (Wildman–Crippen MR) is 96.5 cm³/mol. The molecular formula is C18H25BrO5. The standard InChI is InChI=1S/C18H25BrO5/c1-4-7-15-16(23-11-6-10-19)9-8-14(13(3)20)18(15)24-12-17(21)22-5-2/h8-9H,4-7,10-12H2,1-3H3. The Morgan fingerprint density at radius 1 is 1.17 bits per heavy atom. The Morgan fingerprint density at radius 3 is 2.50 bits per heavy atom. The first-order valence-corrected chi connectivity index (χ1v) is 9.31. The van der Waals surface area contributed by atoms with Crippen LogP contribution in [0.25, 0.3) is 0 Å². The number of hydrogen-bond acceptors (Lipinski definition) is 5. The van der Waals surface area contributed by atoms with Gasteiger partial charge in [-0.15, -0.1) is 0 Å². The lowest BCUT2D eigenvalue weighted by Gasteiger charge is -2.18. The number of ketones is 1. The van der Waals surface area contributed by atoms with Crippen molar-refractivity contribution in [2.45, 2.75) is 40.0 Å². The van der Waals surface area contributed by atoms with Crippen LogP contribution in [0.15, 0.2) is 12.1 Å². The van der Waals surface area contributed by atoms with Crippen molar-refractivity contribution in [3.05, 3.63) is 23.3 Å². The summed E-state index contributed by atoms with van der Waals surface area (Å²) in [4.78, 5) is 23.5. The number of rotatable bonds is 11. The van der Waals surface area contributed by atoms with E-state index in [-0.39, 0.29) is 12.4 Å². The molecule has 0 atom stereocenters. The normalized spacial score (nSPS) is 10.3. The summed E-state index contributed by atoms with van der Waals surface area (Å²) in [6, 6.07) is 3.48. The Morgan fingerprint density at radius 2 is 1.92 bits per heavy atom. The molecule has 1 aromatic rings. The quantitative estimate of drug-likeness (QED) is 0.243. The SMILES string of the molecule is CCCc1c(OCCCBr)ccc(C(C)=O)c1OCC(=O)OCC. The van der Waals surface area contributed by atoms with Crippen LogP contribution in [0.1, 0.15) is 49.5 Å². The van der Waals surface area contributed by atoms with Crippen molar-refractivity contribution in [3.63, 3.8) is 0 Å². The molecule has 24 heavy (non-hydrogen) atoms. The highest BCUT2D eigenvalue weighted by Gasteiger charge is 2.19. The summed E-state index contributed by atoms with van der Waals surface area (Å²) < 4.78 is 16.4. The van der Waals surface area contributed by atoms with Gasteiger partial charge in [-0.05, 0) is 38.8 Å². The minimum absolute atomic E-state index is 0.113. The van der Waals surface area contributed by atoms with Crippen LogP contribution in [-0.2, 0) is 16.0 Å². The topological polar surface area (TPSA) is 61.8 Å². The maximum Gasteiger partial charge on any atom is 0.344 e. The van der Waals surface area contributed by atoms with Gasteiger partial charge in [0, 0.05) is 10.9 Å². The van der Waals surface area contributed by atoms with E-state index in [9.17, 15) is 9.59 Å². The van der Waals surface area contributed by atoms with Crippen molar-refractivity contribution in [2.24, 2.45) is 0 Å². The summed E-state index contributed by atoms with van der Waals surface area (Å²) in [5, 5.41) is 0.855. The van der Waals surface area contributed by atoms with Gasteiger partial charge >= 0.3 is 5.97 Å². The average molecular weight is 401 g/mol. The van der Waals surface area contributed by atoms with E-state index < -0.39 is 5.97 Å². The zero-order valence-corrected chi connectivity index (χ0v) is 16.1. The van der Waals surface area contributed by atoms with Crippen LogP contribution in [0.3, 0.4) is 0 Å². The van der Waals surface area contributed by atoms with Gasteiger partial charge in [0.1, 0.15) is 11.5 Å². The van der Waals surface area contributed by atoms with Crippen LogP contribution in [0, 0.1) is 0 Å². The van der Waals surface area contributed by atoms with Gasteiger partial charge in [0.15, 0.2) is 12.4 Å². The van der Waals surface area contributed by atoms with Crippen LogP contribution in [0.2, 0.25) is 0 Å². The predicted octanol–water partition coefficient (Wildman–Crippen LogP) is 3.95. The van der Waals surface area contributed by atoms with Gasteiger partial charge in [-0.3, -0.25) is 4.79 Å². The Hall–Kier alpha value is -1.56. The third kappa shape index (κ3) is 6.15. The monoisotopic (exact) mass is 400 g/mol. The van der Waals surface area contributed by atoms with Gasteiger partial charge in [0.05, 0.1) is 18.8 Å². The molecule has 134 valence electrons. The minimum Gasteiger partial charge on any atom is -0.493 e. The second-order valence-corrected chi connectivity index (χ2v) is 6.00. The first kappa shape index (κ1) is 20.5.